The molecule has 0 unspecified atom stereocenters. The van der Waals surface area contributed by atoms with Crippen LogP contribution in [0.2, 0.25) is 0 Å². The summed E-state index contributed by atoms with van der Waals surface area (Å²) in [5.74, 6) is 0.375. The highest BCUT2D eigenvalue weighted by Gasteiger charge is 2.15. The number of ether oxygens (including phenoxy) is 1. The molecule has 1 amide bonds. The minimum atomic E-state index is -3.30. The monoisotopic (exact) mass is 380 g/mol. The first-order valence-corrected chi connectivity index (χ1v) is 10.9. The molecule has 0 saturated carbocycles. The van der Waals surface area contributed by atoms with Crippen molar-refractivity contribution >= 4 is 21.6 Å². The van der Waals surface area contributed by atoms with Crippen LogP contribution in [0.1, 0.15) is 39.0 Å². The van der Waals surface area contributed by atoms with E-state index in [1.807, 2.05) is 0 Å². The molecule has 1 aromatic carbocycles. The number of nitrogens with one attached hydrogen (secondary N) is 1. The van der Waals surface area contributed by atoms with Crippen molar-refractivity contribution in [2.24, 2.45) is 0 Å². The maximum Gasteiger partial charge on any atom is 0.257 e. The number of hydrogen-bond donors (Lipinski definition) is 1. The molecule has 0 aromatic heterocycles. The fourth-order valence-electron chi connectivity index (χ4n) is 3.01. The average molecular weight is 381 g/mol. The summed E-state index contributed by atoms with van der Waals surface area (Å²) < 4.78 is 30.2. The van der Waals surface area contributed by atoms with Gasteiger partial charge in [-0.25, -0.2) is 8.42 Å². The van der Waals surface area contributed by atoms with E-state index in [1.165, 1.54) is 29.0 Å². The molecule has 0 bridgehead atoms. The van der Waals surface area contributed by atoms with E-state index in [2.05, 4.69) is 11.4 Å². The third kappa shape index (κ3) is 6.37. The van der Waals surface area contributed by atoms with Crippen LogP contribution in [0.15, 0.2) is 35.9 Å². The number of allylic oxidation sites excluding steroid dienone is 1. The van der Waals surface area contributed by atoms with Gasteiger partial charge in [0, 0.05) is 13.1 Å². The zero-order valence-corrected chi connectivity index (χ0v) is 16.3. The van der Waals surface area contributed by atoms with Crippen LogP contribution in [0.25, 0.3) is 0 Å². The van der Waals surface area contributed by atoms with Crippen molar-refractivity contribution in [3.05, 3.63) is 35.9 Å². The third-order valence-electron chi connectivity index (χ3n) is 4.34. The van der Waals surface area contributed by atoms with Gasteiger partial charge in [-0.1, -0.05) is 11.6 Å². The van der Waals surface area contributed by atoms with E-state index < -0.39 is 10.0 Å². The van der Waals surface area contributed by atoms with Crippen molar-refractivity contribution in [3.63, 3.8) is 0 Å². The second-order valence-electron chi connectivity index (χ2n) is 6.42. The second kappa shape index (κ2) is 9.62. The second-order valence-corrected chi connectivity index (χ2v) is 8.33. The number of carbonyl (C=O) groups is 1. The van der Waals surface area contributed by atoms with Gasteiger partial charge in [0.05, 0.1) is 11.9 Å². The van der Waals surface area contributed by atoms with Crippen LogP contribution in [0.4, 0.5) is 5.69 Å². The Morgan fingerprint density at radius 3 is 2.54 bits per heavy atom. The predicted octanol–water partition coefficient (Wildman–Crippen LogP) is 2.86. The van der Waals surface area contributed by atoms with E-state index in [4.69, 9.17) is 4.74 Å². The highest BCUT2D eigenvalue weighted by Crippen LogP contribution is 2.21. The molecule has 144 valence electrons. The van der Waals surface area contributed by atoms with Gasteiger partial charge in [0.25, 0.3) is 5.91 Å². The number of anilines is 1. The fourth-order valence-corrected chi connectivity index (χ4v) is 3.98. The number of nitrogens with zero attached hydrogens (tertiary/aromatic N) is 1. The van der Waals surface area contributed by atoms with Gasteiger partial charge in [-0.05, 0) is 63.3 Å². The Balaban J connectivity index is 1.76. The number of rotatable bonds is 9. The lowest BCUT2D eigenvalue weighted by molar-refractivity contribution is -0.123. The predicted molar refractivity (Wildman–Crippen MR) is 104 cm³/mol. The van der Waals surface area contributed by atoms with E-state index in [1.54, 1.807) is 31.2 Å². The third-order valence-corrected chi connectivity index (χ3v) is 5.61. The van der Waals surface area contributed by atoms with Gasteiger partial charge in [-0.15, -0.1) is 0 Å². The molecule has 2 rings (SSSR count). The zero-order valence-electron chi connectivity index (χ0n) is 15.5. The summed E-state index contributed by atoms with van der Waals surface area (Å²) in [7, 11) is -3.30. The summed E-state index contributed by atoms with van der Waals surface area (Å²) in [6.45, 7) is 2.71. The highest BCUT2D eigenvalue weighted by molar-refractivity contribution is 7.92. The Labute approximate surface area is 156 Å². The van der Waals surface area contributed by atoms with Crippen molar-refractivity contribution < 1.29 is 17.9 Å². The number of sulfonamides is 1. The molecule has 1 aliphatic rings. The van der Waals surface area contributed by atoms with Crippen molar-refractivity contribution in [2.45, 2.75) is 39.0 Å². The molecule has 1 N–H and O–H groups in total. The first kappa shape index (κ1) is 20.3. The smallest absolute Gasteiger partial charge is 0.257 e. The molecule has 0 radical (unpaired) electrons. The van der Waals surface area contributed by atoms with Gasteiger partial charge >= 0.3 is 0 Å². The van der Waals surface area contributed by atoms with Crippen molar-refractivity contribution in [3.8, 4) is 5.75 Å². The molecule has 1 aromatic rings. The molecule has 0 spiro atoms. The summed E-state index contributed by atoms with van der Waals surface area (Å²) in [5, 5.41) is 2.87. The topological polar surface area (TPSA) is 75.7 Å². The lowest BCUT2D eigenvalue weighted by Gasteiger charge is -2.20. The number of amides is 1. The van der Waals surface area contributed by atoms with Crippen LogP contribution < -0.4 is 14.4 Å². The summed E-state index contributed by atoms with van der Waals surface area (Å²) >= 11 is 0. The molecule has 1 aliphatic carbocycles. The molecule has 26 heavy (non-hydrogen) atoms. The molecule has 0 fully saturated rings. The number of carbonyl (C=O) groups excluding carboxylic acids is 1. The molecule has 7 heteroatoms. The van der Waals surface area contributed by atoms with E-state index in [9.17, 15) is 13.2 Å². The lowest BCUT2D eigenvalue weighted by atomic mass is 9.97. The van der Waals surface area contributed by atoms with Gasteiger partial charge < -0.3 is 10.1 Å². The molecule has 0 aliphatic heterocycles. The van der Waals surface area contributed by atoms with Gasteiger partial charge in [-0.3, -0.25) is 9.10 Å². The Morgan fingerprint density at radius 2 is 1.96 bits per heavy atom. The van der Waals surface area contributed by atoms with E-state index >= 15 is 0 Å². The summed E-state index contributed by atoms with van der Waals surface area (Å²) in [5.41, 5.74) is 2.01. The maximum absolute atomic E-state index is 11.9. The first-order valence-electron chi connectivity index (χ1n) is 9.05. The van der Waals surface area contributed by atoms with Crippen LogP contribution >= 0.6 is 0 Å². The molecular formula is C19H28N2O4S. The van der Waals surface area contributed by atoms with E-state index in [-0.39, 0.29) is 12.5 Å². The van der Waals surface area contributed by atoms with Crippen molar-refractivity contribution in [2.75, 3.05) is 30.3 Å². The van der Waals surface area contributed by atoms with Crippen molar-refractivity contribution in [1.29, 1.82) is 0 Å². The Bertz CT molecular complexity index is 726. The van der Waals surface area contributed by atoms with Crippen LogP contribution in [-0.2, 0) is 14.8 Å². The Hall–Kier alpha value is -2.02. The minimum Gasteiger partial charge on any atom is -0.484 e. The lowest BCUT2D eigenvalue weighted by Crippen LogP contribution is -2.30. The fraction of sp³-hybridized carbons (Fsp3) is 0.526. The number of benzene rings is 1. The molecular weight excluding hydrogens is 352 g/mol. The van der Waals surface area contributed by atoms with Crippen molar-refractivity contribution in [1.82, 2.24) is 5.32 Å². The maximum atomic E-state index is 11.9. The normalized spacial score (nSPS) is 14.5. The first-order chi connectivity index (χ1) is 12.4. The van der Waals surface area contributed by atoms with Gasteiger partial charge in [0.2, 0.25) is 10.0 Å². The molecule has 6 nitrogen and oxygen atoms in total. The molecule has 0 heterocycles. The number of hydrogen-bond acceptors (Lipinski definition) is 4. The standard InChI is InChI=1S/C19H28N2O4S/c1-3-21(26(2,23)24)17-9-11-18(12-10-17)25-15-19(22)20-14-13-16-7-5-4-6-8-16/h7,9-12H,3-6,8,13-15H2,1-2H3,(H,20,22). The van der Waals surface area contributed by atoms with Crippen LogP contribution in [0.3, 0.4) is 0 Å². The summed E-state index contributed by atoms with van der Waals surface area (Å²) in [4.78, 5) is 11.9. The average Bonchev–Trinajstić information content (AvgIpc) is 2.61. The Morgan fingerprint density at radius 1 is 1.23 bits per heavy atom. The van der Waals surface area contributed by atoms with E-state index in [0.717, 1.165) is 19.3 Å². The SMILES string of the molecule is CCN(c1ccc(OCC(=O)NCCC2=CCCCC2)cc1)S(C)(=O)=O. The molecule has 0 saturated heterocycles. The van der Waals surface area contributed by atoms with E-state index in [0.29, 0.717) is 24.5 Å². The molecule has 0 atom stereocenters. The minimum absolute atomic E-state index is 0.0536. The zero-order chi connectivity index (χ0) is 19.0. The van der Waals surface area contributed by atoms with Gasteiger partial charge in [-0.2, -0.15) is 0 Å². The largest absolute Gasteiger partial charge is 0.484 e. The van der Waals surface area contributed by atoms with Crippen LogP contribution in [0, 0.1) is 0 Å². The van der Waals surface area contributed by atoms with Gasteiger partial charge in [0.1, 0.15) is 5.75 Å². The van der Waals surface area contributed by atoms with Crippen LogP contribution in [-0.4, -0.2) is 40.3 Å². The summed E-state index contributed by atoms with van der Waals surface area (Å²) in [6, 6.07) is 6.69. The van der Waals surface area contributed by atoms with Gasteiger partial charge in [0.15, 0.2) is 6.61 Å². The van der Waals surface area contributed by atoms with Crippen LogP contribution in [0.5, 0.6) is 5.75 Å². The quantitative estimate of drug-likeness (QED) is 0.669. The highest BCUT2D eigenvalue weighted by atomic mass is 32.2. The summed E-state index contributed by atoms with van der Waals surface area (Å²) in [6.07, 6.45) is 9.16. The Kier molecular flexibility index (Phi) is 7.50.